The largest absolute Gasteiger partial charge is 0.296 e. The summed E-state index contributed by atoms with van der Waals surface area (Å²) in [6.07, 6.45) is 7.65. The molecule has 4 heterocycles. The summed E-state index contributed by atoms with van der Waals surface area (Å²) >= 11 is 14.9. The van der Waals surface area contributed by atoms with E-state index in [0.717, 1.165) is 23.5 Å². The number of imidazole rings is 2. The van der Waals surface area contributed by atoms with E-state index in [9.17, 15) is 9.59 Å². The van der Waals surface area contributed by atoms with E-state index in [-0.39, 0.29) is 0 Å². The van der Waals surface area contributed by atoms with Gasteiger partial charge in [-0.25, -0.2) is 9.97 Å². The van der Waals surface area contributed by atoms with Gasteiger partial charge in [0, 0.05) is 12.4 Å². The minimum atomic E-state index is -0.521. The second-order valence-electron chi connectivity index (χ2n) is 4.11. The number of carbonyl (C=O) groups is 2. The molecule has 0 amide bonds. The Hall–Kier alpha value is -1.07. The van der Waals surface area contributed by atoms with Crippen LogP contribution in [0.5, 0.6) is 0 Å². The molecule has 0 atom stereocenters. The SMILES string of the molecule is O=C(Cl)c1ncn2cc(Br)sc12.O=Cc1ncn2cc(Br)sc12. The number of rotatable bonds is 2. The number of thiazole rings is 2. The van der Waals surface area contributed by atoms with Crippen LogP contribution >= 0.6 is 66.1 Å². The number of hydrogen-bond donors (Lipinski definition) is 0. The van der Waals surface area contributed by atoms with Crippen LogP contribution in [-0.2, 0) is 0 Å². The third kappa shape index (κ3) is 3.41. The summed E-state index contributed by atoms with van der Waals surface area (Å²) in [4.78, 5) is 30.6. The first-order valence-corrected chi connectivity index (χ1v) is 9.48. The normalized spacial score (nSPS) is 10.7. The van der Waals surface area contributed by atoms with Crippen LogP contribution in [-0.4, -0.2) is 30.3 Å². The highest BCUT2D eigenvalue weighted by Gasteiger charge is 2.12. The molecule has 0 spiro atoms. The zero-order chi connectivity index (χ0) is 16.6. The second-order valence-corrected chi connectivity index (χ2v) is 9.27. The third-order valence-corrected chi connectivity index (χ3v) is 6.06. The topological polar surface area (TPSA) is 68.7 Å². The van der Waals surface area contributed by atoms with E-state index in [1.54, 1.807) is 17.1 Å². The fourth-order valence-electron chi connectivity index (χ4n) is 1.78. The van der Waals surface area contributed by atoms with E-state index in [1.807, 2.05) is 16.8 Å². The van der Waals surface area contributed by atoms with Crippen molar-refractivity contribution in [1.82, 2.24) is 18.8 Å². The van der Waals surface area contributed by atoms with Gasteiger partial charge >= 0.3 is 0 Å². The highest BCUT2D eigenvalue weighted by molar-refractivity contribution is 9.11. The van der Waals surface area contributed by atoms with Gasteiger partial charge in [0.25, 0.3) is 5.24 Å². The minimum Gasteiger partial charge on any atom is -0.296 e. The van der Waals surface area contributed by atoms with Crippen LogP contribution in [0.4, 0.5) is 0 Å². The minimum absolute atomic E-state index is 0.312. The van der Waals surface area contributed by atoms with E-state index in [2.05, 4.69) is 41.8 Å². The monoisotopic (exact) mass is 494 g/mol. The second kappa shape index (κ2) is 6.81. The lowest BCUT2D eigenvalue weighted by molar-refractivity contribution is 0.107. The molecular formula is C12H5Br2ClN4O2S2. The van der Waals surface area contributed by atoms with E-state index in [4.69, 9.17) is 11.6 Å². The molecule has 0 fully saturated rings. The van der Waals surface area contributed by atoms with Gasteiger partial charge < -0.3 is 0 Å². The zero-order valence-electron chi connectivity index (χ0n) is 10.9. The first-order valence-electron chi connectivity index (χ1n) is 5.88. The lowest BCUT2D eigenvalue weighted by atomic mass is 10.5. The van der Waals surface area contributed by atoms with Crippen LogP contribution in [0.25, 0.3) is 9.66 Å². The Morgan fingerprint density at radius 1 is 1.09 bits per heavy atom. The Kier molecular flexibility index (Phi) is 4.97. The number of nitrogens with zero attached hydrogens (tertiary/aromatic N) is 4. The van der Waals surface area contributed by atoms with Crippen molar-refractivity contribution in [2.75, 3.05) is 0 Å². The van der Waals surface area contributed by atoms with Crippen molar-refractivity contribution < 1.29 is 9.59 Å². The van der Waals surface area contributed by atoms with Crippen molar-refractivity contribution in [2.45, 2.75) is 0 Å². The van der Waals surface area contributed by atoms with Crippen molar-refractivity contribution in [2.24, 2.45) is 0 Å². The molecule has 0 radical (unpaired) electrons. The maximum Gasteiger partial charge on any atom is 0.273 e. The van der Waals surface area contributed by atoms with Gasteiger partial charge in [0.05, 0.1) is 7.57 Å². The van der Waals surface area contributed by atoms with Crippen LogP contribution < -0.4 is 0 Å². The van der Waals surface area contributed by atoms with Gasteiger partial charge in [0.15, 0.2) is 12.0 Å². The Morgan fingerprint density at radius 2 is 1.65 bits per heavy atom. The Balaban J connectivity index is 0.000000136. The van der Waals surface area contributed by atoms with Crippen LogP contribution in [0.15, 0.2) is 32.6 Å². The van der Waals surface area contributed by atoms with Crippen LogP contribution in [0, 0.1) is 0 Å². The predicted molar refractivity (Wildman–Crippen MR) is 97.1 cm³/mol. The highest BCUT2D eigenvalue weighted by Crippen LogP contribution is 2.26. The van der Waals surface area contributed by atoms with Gasteiger partial charge in [0.2, 0.25) is 0 Å². The van der Waals surface area contributed by atoms with Crippen LogP contribution in [0.2, 0.25) is 0 Å². The number of hydrogen-bond acceptors (Lipinski definition) is 6. The molecule has 0 aliphatic carbocycles. The molecule has 0 aliphatic rings. The number of aldehydes is 1. The Morgan fingerprint density at radius 3 is 2.26 bits per heavy atom. The molecule has 6 nitrogen and oxygen atoms in total. The number of aromatic nitrogens is 4. The van der Waals surface area contributed by atoms with E-state index in [1.165, 1.54) is 22.7 Å². The summed E-state index contributed by atoms with van der Waals surface area (Å²) < 4.78 is 5.51. The summed E-state index contributed by atoms with van der Waals surface area (Å²) in [6, 6.07) is 0. The van der Waals surface area contributed by atoms with Gasteiger partial charge in [-0.1, -0.05) is 0 Å². The molecular weight excluding hydrogens is 492 g/mol. The molecule has 0 aliphatic heterocycles. The third-order valence-electron chi connectivity index (χ3n) is 2.69. The standard InChI is InChI=1S/C6H2BrClN2OS.C6H3BrN2OS/c7-3-1-10-2-9-4(5(8)11)6(10)12-3;7-5-1-9-3-8-4(2-10)6(9)11-5/h1-2H;1-3H. The van der Waals surface area contributed by atoms with Crippen LogP contribution in [0.3, 0.4) is 0 Å². The van der Waals surface area contributed by atoms with Gasteiger partial charge in [-0.15, -0.1) is 22.7 Å². The summed E-state index contributed by atoms with van der Waals surface area (Å²) in [5, 5.41) is -0.521. The predicted octanol–water partition coefficient (Wildman–Crippen LogP) is 4.51. The van der Waals surface area contributed by atoms with Crippen molar-refractivity contribution in [3.05, 3.63) is 44.0 Å². The van der Waals surface area contributed by atoms with Gasteiger partial charge in [-0.2, -0.15) is 0 Å². The fourth-order valence-corrected chi connectivity index (χ4v) is 4.89. The molecule has 0 saturated carbocycles. The first-order chi connectivity index (χ1) is 11.0. The van der Waals surface area contributed by atoms with Crippen molar-refractivity contribution in [3.63, 3.8) is 0 Å². The number of carbonyl (C=O) groups excluding carboxylic acids is 2. The maximum absolute atomic E-state index is 10.8. The lowest BCUT2D eigenvalue weighted by Crippen LogP contribution is -1.87. The fraction of sp³-hybridized carbons (Fsp3) is 0. The van der Waals surface area contributed by atoms with Gasteiger partial charge in [-0.3, -0.25) is 18.4 Å². The van der Waals surface area contributed by atoms with Gasteiger partial charge in [0.1, 0.15) is 28.0 Å². The van der Waals surface area contributed by atoms with E-state index < -0.39 is 5.24 Å². The highest BCUT2D eigenvalue weighted by atomic mass is 79.9. The summed E-state index contributed by atoms with van der Waals surface area (Å²) in [7, 11) is 0. The molecule has 4 rings (SSSR count). The molecule has 0 aromatic carbocycles. The average Bonchev–Trinajstić information content (AvgIpc) is 3.18. The molecule has 0 N–H and O–H groups in total. The molecule has 0 unspecified atom stereocenters. The molecule has 118 valence electrons. The van der Waals surface area contributed by atoms with Gasteiger partial charge in [-0.05, 0) is 43.5 Å². The summed E-state index contributed by atoms with van der Waals surface area (Å²) in [6.45, 7) is 0. The Labute approximate surface area is 159 Å². The number of fused-ring (bicyclic) bond motifs is 2. The maximum atomic E-state index is 10.8. The summed E-state index contributed by atoms with van der Waals surface area (Å²) in [5.74, 6) is 0. The molecule has 0 bridgehead atoms. The molecule has 4 aromatic rings. The van der Waals surface area contributed by atoms with Crippen molar-refractivity contribution >= 4 is 87.3 Å². The molecule has 4 aromatic heterocycles. The Bertz CT molecular complexity index is 1020. The van der Waals surface area contributed by atoms with Crippen molar-refractivity contribution in [1.29, 1.82) is 0 Å². The number of halogens is 3. The smallest absolute Gasteiger partial charge is 0.273 e. The average molecular weight is 497 g/mol. The first kappa shape index (κ1) is 16.8. The van der Waals surface area contributed by atoms with Crippen molar-refractivity contribution in [3.8, 4) is 0 Å². The lowest BCUT2D eigenvalue weighted by Gasteiger charge is -1.81. The van der Waals surface area contributed by atoms with E-state index >= 15 is 0 Å². The van der Waals surface area contributed by atoms with E-state index in [0.29, 0.717) is 11.4 Å². The molecule has 11 heteroatoms. The zero-order valence-corrected chi connectivity index (χ0v) is 16.5. The molecule has 23 heavy (non-hydrogen) atoms. The summed E-state index contributed by atoms with van der Waals surface area (Å²) in [5.41, 5.74) is 0.813. The quantitative estimate of drug-likeness (QED) is 0.303. The molecule has 0 saturated heterocycles. The van der Waals surface area contributed by atoms with Crippen LogP contribution in [0.1, 0.15) is 21.0 Å².